The lowest BCUT2D eigenvalue weighted by Crippen LogP contribution is -2.27. The van der Waals surface area contributed by atoms with Gasteiger partial charge in [-0.25, -0.2) is 9.50 Å². The molecule has 0 saturated heterocycles. The standard InChI is InChI=1S/C23H22N4O3/c28-17-6-8-18(9-7-17)30-21-13-16-5-2-1-4-15(16)12-20(21)26-23(29)19-14-25-27-11-3-10-24-22(19)27/h1-5,10-14,17-18,28H,6-9H2,(H,26,29). The number of rotatable bonds is 4. The smallest absolute Gasteiger partial charge is 0.261 e. The van der Waals surface area contributed by atoms with E-state index in [-0.39, 0.29) is 18.1 Å². The molecule has 5 rings (SSSR count). The van der Waals surface area contributed by atoms with Crippen LogP contribution < -0.4 is 10.1 Å². The number of aliphatic hydroxyl groups excluding tert-OH is 1. The fraction of sp³-hybridized carbons (Fsp3) is 0.261. The van der Waals surface area contributed by atoms with Gasteiger partial charge in [0.15, 0.2) is 5.65 Å². The fourth-order valence-electron chi connectivity index (χ4n) is 3.93. The van der Waals surface area contributed by atoms with Crippen LogP contribution in [0.3, 0.4) is 0 Å². The Hall–Kier alpha value is -3.45. The van der Waals surface area contributed by atoms with Crippen molar-refractivity contribution >= 4 is 28.0 Å². The Morgan fingerprint density at radius 2 is 1.87 bits per heavy atom. The Kier molecular flexibility index (Phi) is 4.80. The number of benzene rings is 2. The van der Waals surface area contributed by atoms with Crippen LogP contribution in [0.2, 0.25) is 0 Å². The van der Waals surface area contributed by atoms with E-state index in [9.17, 15) is 9.90 Å². The van der Waals surface area contributed by atoms with Crippen molar-refractivity contribution in [2.45, 2.75) is 37.9 Å². The Bertz CT molecular complexity index is 1210. The van der Waals surface area contributed by atoms with Crippen molar-refractivity contribution in [2.24, 2.45) is 0 Å². The molecule has 7 nitrogen and oxygen atoms in total. The van der Waals surface area contributed by atoms with Gasteiger partial charge in [0, 0.05) is 12.4 Å². The first-order chi connectivity index (χ1) is 14.7. The Morgan fingerprint density at radius 3 is 2.67 bits per heavy atom. The summed E-state index contributed by atoms with van der Waals surface area (Å²) in [5.74, 6) is 0.343. The maximum atomic E-state index is 13.0. The number of carbonyl (C=O) groups excluding carboxylic acids is 1. The highest BCUT2D eigenvalue weighted by molar-refractivity contribution is 6.09. The van der Waals surface area contributed by atoms with Crippen LogP contribution in [-0.2, 0) is 0 Å². The molecule has 152 valence electrons. The minimum Gasteiger partial charge on any atom is -0.488 e. The number of anilines is 1. The molecule has 1 aliphatic carbocycles. The highest BCUT2D eigenvalue weighted by Gasteiger charge is 2.23. The molecule has 2 aromatic heterocycles. The first-order valence-corrected chi connectivity index (χ1v) is 10.1. The molecular formula is C23H22N4O3. The van der Waals surface area contributed by atoms with E-state index >= 15 is 0 Å². The van der Waals surface area contributed by atoms with Gasteiger partial charge < -0.3 is 15.2 Å². The second kappa shape index (κ2) is 7.76. The van der Waals surface area contributed by atoms with Gasteiger partial charge in [0.25, 0.3) is 5.91 Å². The zero-order valence-corrected chi connectivity index (χ0v) is 16.4. The van der Waals surface area contributed by atoms with Crippen LogP contribution in [0.1, 0.15) is 36.0 Å². The average Bonchev–Trinajstić information content (AvgIpc) is 3.20. The number of hydrogen-bond donors (Lipinski definition) is 2. The molecule has 0 radical (unpaired) electrons. The van der Waals surface area contributed by atoms with Crippen molar-refractivity contribution in [2.75, 3.05) is 5.32 Å². The zero-order chi connectivity index (χ0) is 20.5. The largest absolute Gasteiger partial charge is 0.488 e. The van der Waals surface area contributed by atoms with Crippen LogP contribution in [0.4, 0.5) is 5.69 Å². The minimum atomic E-state index is -0.289. The van der Waals surface area contributed by atoms with E-state index in [0.29, 0.717) is 22.6 Å². The van der Waals surface area contributed by atoms with E-state index in [2.05, 4.69) is 15.4 Å². The van der Waals surface area contributed by atoms with E-state index < -0.39 is 0 Å². The van der Waals surface area contributed by atoms with E-state index in [1.807, 2.05) is 36.4 Å². The topological polar surface area (TPSA) is 88.8 Å². The molecule has 1 amide bonds. The van der Waals surface area contributed by atoms with Gasteiger partial charge in [-0.1, -0.05) is 24.3 Å². The minimum absolute atomic E-state index is 0.0175. The predicted molar refractivity (Wildman–Crippen MR) is 114 cm³/mol. The molecule has 30 heavy (non-hydrogen) atoms. The summed E-state index contributed by atoms with van der Waals surface area (Å²) in [5.41, 5.74) is 1.51. The molecule has 1 saturated carbocycles. The molecule has 0 spiro atoms. The summed E-state index contributed by atoms with van der Waals surface area (Å²) in [6.07, 6.45) is 7.71. The molecule has 0 aliphatic heterocycles. The Morgan fingerprint density at radius 1 is 1.10 bits per heavy atom. The summed E-state index contributed by atoms with van der Waals surface area (Å²) in [5, 5.41) is 19.0. The maximum absolute atomic E-state index is 13.0. The second-order valence-corrected chi connectivity index (χ2v) is 7.64. The van der Waals surface area contributed by atoms with Gasteiger partial charge in [0.1, 0.15) is 11.3 Å². The number of hydrogen-bond acceptors (Lipinski definition) is 5. The van der Waals surface area contributed by atoms with Gasteiger partial charge in [-0.2, -0.15) is 5.10 Å². The number of ether oxygens (including phenoxy) is 1. The second-order valence-electron chi connectivity index (χ2n) is 7.64. The number of carbonyl (C=O) groups is 1. The Balaban J connectivity index is 1.48. The molecule has 0 atom stereocenters. The molecule has 2 N–H and O–H groups in total. The summed E-state index contributed by atoms with van der Waals surface area (Å²) >= 11 is 0. The van der Waals surface area contributed by atoms with Crippen LogP contribution in [-0.4, -0.2) is 37.8 Å². The van der Waals surface area contributed by atoms with Crippen molar-refractivity contribution in [3.63, 3.8) is 0 Å². The normalized spacial score (nSPS) is 19.1. The lowest BCUT2D eigenvalue weighted by atomic mass is 9.95. The van der Waals surface area contributed by atoms with E-state index in [4.69, 9.17) is 4.74 Å². The Labute approximate surface area is 173 Å². The molecule has 2 aromatic carbocycles. The highest BCUT2D eigenvalue weighted by atomic mass is 16.5. The number of nitrogens with zero attached hydrogens (tertiary/aromatic N) is 3. The van der Waals surface area contributed by atoms with Crippen LogP contribution in [0.25, 0.3) is 16.4 Å². The van der Waals surface area contributed by atoms with E-state index in [1.165, 1.54) is 6.20 Å². The monoisotopic (exact) mass is 402 g/mol. The van der Waals surface area contributed by atoms with Gasteiger partial charge in [-0.3, -0.25) is 4.79 Å². The summed E-state index contributed by atoms with van der Waals surface area (Å²) in [7, 11) is 0. The number of aromatic nitrogens is 3. The van der Waals surface area contributed by atoms with Gasteiger partial charge in [-0.15, -0.1) is 0 Å². The zero-order valence-electron chi connectivity index (χ0n) is 16.4. The molecule has 7 heteroatoms. The third-order valence-corrected chi connectivity index (χ3v) is 5.56. The summed E-state index contributed by atoms with van der Waals surface area (Å²) < 4.78 is 7.86. The number of amides is 1. The SMILES string of the molecule is O=C(Nc1cc2ccccc2cc1OC1CCC(O)CC1)c1cnn2cccnc12. The van der Waals surface area contributed by atoms with Crippen molar-refractivity contribution in [3.8, 4) is 5.75 Å². The number of nitrogens with one attached hydrogen (secondary N) is 1. The number of aliphatic hydroxyl groups is 1. The molecular weight excluding hydrogens is 380 g/mol. The molecule has 2 heterocycles. The van der Waals surface area contributed by atoms with Crippen LogP contribution in [0.15, 0.2) is 61.1 Å². The van der Waals surface area contributed by atoms with E-state index in [0.717, 1.165) is 36.5 Å². The van der Waals surface area contributed by atoms with Crippen LogP contribution in [0.5, 0.6) is 5.75 Å². The summed E-state index contributed by atoms with van der Waals surface area (Å²) in [6.45, 7) is 0. The third-order valence-electron chi connectivity index (χ3n) is 5.56. The van der Waals surface area contributed by atoms with Gasteiger partial charge >= 0.3 is 0 Å². The van der Waals surface area contributed by atoms with Crippen molar-refractivity contribution < 1.29 is 14.6 Å². The molecule has 1 aliphatic rings. The highest BCUT2D eigenvalue weighted by Crippen LogP contribution is 2.34. The fourth-order valence-corrected chi connectivity index (χ4v) is 3.93. The third kappa shape index (κ3) is 3.59. The molecule has 0 bridgehead atoms. The van der Waals surface area contributed by atoms with Gasteiger partial charge in [0.05, 0.1) is 24.1 Å². The van der Waals surface area contributed by atoms with Gasteiger partial charge in [0.2, 0.25) is 0 Å². The van der Waals surface area contributed by atoms with Crippen molar-refractivity contribution in [1.29, 1.82) is 0 Å². The van der Waals surface area contributed by atoms with E-state index in [1.54, 1.807) is 23.0 Å². The summed E-state index contributed by atoms with van der Waals surface area (Å²) in [6, 6.07) is 13.6. The van der Waals surface area contributed by atoms with Crippen molar-refractivity contribution in [3.05, 3.63) is 66.6 Å². The lowest BCUT2D eigenvalue weighted by molar-refractivity contribution is 0.0669. The van der Waals surface area contributed by atoms with Crippen LogP contribution in [0, 0.1) is 0 Å². The lowest BCUT2D eigenvalue weighted by Gasteiger charge is -2.27. The average molecular weight is 402 g/mol. The molecule has 4 aromatic rings. The molecule has 1 fully saturated rings. The maximum Gasteiger partial charge on any atom is 0.261 e. The molecule has 0 unspecified atom stereocenters. The predicted octanol–water partition coefficient (Wildman–Crippen LogP) is 3.82. The van der Waals surface area contributed by atoms with Crippen LogP contribution >= 0.6 is 0 Å². The first-order valence-electron chi connectivity index (χ1n) is 10.1. The number of fused-ring (bicyclic) bond motifs is 2. The van der Waals surface area contributed by atoms with Gasteiger partial charge in [-0.05, 0) is 54.7 Å². The van der Waals surface area contributed by atoms with Crippen molar-refractivity contribution in [1.82, 2.24) is 14.6 Å². The first kappa shape index (κ1) is 18.6. The quantitative estimate of drug-likeness (QED) is 0.542. The summed E-state index contributed by atoms with van der Waals surface area (Å²) in [4.78, 5) is 17.3.